The van der Waals surface area contributed by atoms with Gasteiger partial charge in [-0.3, -0.25) is 4.79 Å². The molecule has 0 atom stereocenters. The maximum absolute atomic E-state index is 13.2. The van der Waals surface area contributed by atoms with Crippen LogP contribution in [0.1, 0.15) is 33.6 Å². The molecular formula is C14H18FIO3. The summed E-state index contributed by atoms with van der Waals surface area (Å²) in [4.78, 5) is 11.4. The Morgan fingerprint density at radius 1 is 1.37 bits per heavy atom. The van der Waals surface area contributed by atoms with Gasteiger partial charge in [0.25, 0.3) is 0 Å². The standard InChI is InChI=1S/C14H18FIO3/c1-14(2,3)19-13(17)5-4-8-18-10-6-7-12(16)11(15)9-10/h6-7,9H,4-5,8H2,1-3H3. The van der Waals surface area contributed by atoms with Crippen molar-refractivity contribution in [3.8, 4) is 5.75 Å². The summed E-state index contributed by atoms with van der Waals surface area (Å²) in [5.74, 6) is -0.0720. The van der Waals surface area contributed by atoms with Crippen LogP contribution in [-0.4, -0.2) is 18.2 Å². The Balaban J connectivity index is 2.27. The van der Waals surface area contributed by atoms with Crippen molar-refractivity contribution >= 4 is 28.6 Å². The Morgan fingerprint density at radius 2 is 2.05 bits per heavy atom. The average molecular weight is 380 g/mol. The Labute approximate surface area is 126 Å². The van der Waals surface area contributed by atoms with Gasteiger partial charge >= 0.3 is 5.97 Å². The molecule has 0 fully saturated rings. The lowest BCUT2D eigenvalue weighted by atomic mass is 10.2. The summed E-state index contributed by atoms with van der Waals surface area (Å²) in [6.07, 6.45) is 0.840. The van der Waals surface area contributed by atoms with Crippen LogP contribution in [0.3, 0.4) is 0 Å². The minimum absolute atomic E-state index is 0.245. The third kappa shape index (κ3) is 6.75. The Morgan fingerprint density at radius 3 is 2.63 bits per heavy atom. The van der Waals surface area contributed by atoms with E-state index in [1.165, 1.54) is 6.07 Å². The van der Waals surface area contributed by atoms with E-state index in [-0.39, 0.29) is 11.8 Å². The first-order valence-electron chi connectivity index (χ1n) is 6.07. The summed E-state index contributed by atoms with van der Waals surface area (Å²) >= 11 is 1.92. The largest absolute Gasteiger partial charge is 0.493 e. The maximum atomic E-state index is 13.2. The molecule has 3 nitrogen and oxygen atoms in total. The summed E-state index contributed by atoms with van der Waals surface area (Å²) in [5, 5.41) is 0. The molecule has 0 spiro atoms. The van der Waals surface area contributed by atoms with Gasteiger partial charge in [-0.1, -0.05) is 0 Å². The third-order valence-corrected chi connectivity index (χ3v) is 2.98. The van der Waals surface area contributed by atoms with Crippen molar-refractivity contribution in [2.24, 2.45) is 0 Å². The molecule has 19 heavy (non-hydrogen) atoms. The molecule has 1 rings (SSSR count). The molecule has 106 valence electrons. The van der Waals surface area contributed by atoms with Gasteiger partial charge in [-0.15, -0.1) is 0 Å². The van der Waals surface area contributed by atoms with Crippen LogP contribution in [0, 0.1) is 9.39 Å². The van der Waals surface area contributed by atoms with Crippen molar-refractivity contribution in [1.29, 1.82) is 0 Å². The molecule has 5 heteroatoms. The first-order chi connectivity index (χ1) is 8.78. The SMILES string of the molecule is CC(C)(C)OC(=O)CCCOc1ccc(I)c(F)c1. The van der Waals surface area contributed by atoms with E-state index in [0.717, 1.165) is 0 Å². The highest BCUT2D eigenvalue weighted by Crippen LogP contribution is 2.18. The minimum Gasteiger partial charge on any atom is -0.493 e. The molecule has 0 saturated heterocycles. The van der Waals surface area contributed by atoms with Crippen LogP contribution in [0.2, 0.25) is 0 Å². The average Bonchev–Trinajstić information content (AvgIpc) is 2.27. The Hall–Kier alpha value is -0.850. The van der Waals surface area contributed by atoms with Gasteiger partial charge < -0.3 is 9.47 Å². The van der Waals surface area contributed by atoms with Gasteiger partial charge in [-0.2, -0.15) is 0 Å². The first kappa shape index (κ1) is 16.2. The van der Waals surface area contributed by atoms with Crippen molar-refractivity contribution in [2.75, 3.05) is 6.61 Å². The van der Waals surface area contributed by atoms with E-state index in [9.17, 15) is 9.18 Å². The molecule has 1 aromatic rings. The molecule has 0 radical (unpaired) electrons. The van der Waals surface area contributed by atoms with Gasteiger partial charge in [-0.05, 0) is 61.9 Å². The molecule has 0 amide bonds. The molecule has 0 N–H and O–H groups in total. The number of rotatable bonds is 5. The fourth-order valence-corrected chi connectivity index (χ4v) is 1.70. The number of ether oxygens (including phenoxy) is 2. The highest BCUT2D eigenvalue weighted by Gasteiger charge is 2.15. The molecular weight excluding hydrogens is 362 g/mol. The van der Waals surface area contributed by atoms with Gasteiger partial charge in [-0.25, -0.2) is 4.39 Å². The maximum Gasteiger partial charge on any atom is 0.306 e. The number of hydrogen-bond donors (Lipinski definition) is 0. The van der Waals surface area contributed by atoms with E-state index in [1.807, 2.05) is 43.4 Å². The summed E-state index contributed by atoms with van der Waals surface area (Å²) in [6, 6.07) is 4.70. The summed E-state index contributed by atoms with van der Waals surface area (Å²) in [6.45, 7) is 5.85. The Kier molecular flexibility index (Phi) is 6.03. The monoisotopic (exact) mass is 380 g/mol. The summed E-state index contributed by atoms with van der Waals surface area (Å²) in [7, 11) is 0. The fourth-order valence-electron chi connectivity index (χ4n) is 1.37. The zero-order valence-electron chi connectivity index (χ0n) is 11.3. The summed E-state index contributed by atoms with van der Waals surface area (Å²) < 4.78 is 24.3. The molecule has 1 aromatic carbocycles. The number of esters is 1. The second-order valence-corrected chi connectivity index (χ2v) is 6.28. The molecule has 0 bridgehead atoms. The highest BCUT2D eigenvalue weighted by molar-refractivity contribution is 14.1. The van der Waals surface area contributed by atoms with E-state index in [0.29, 0.717) is 28.8 Å². The van der Waals surface area contributed by atoms with Crippen molar-refractivity contribution in [2.45, 2.75) is 39.2 Å². The van der Waals surface area contributed by atoms with Gasteiger partial charge in [0.05, 0.1) is 6.61 Å². The van der Waals surface area contributed by atoms with Gasteiger partial charge in [0, 0.05) is 16.1 Å². The van der Waals surface area contributed by atoms with E-state index in [1.54, 1.807) is 12.1 Å². The lowest BCUT2D eigenvalue weighted by molar-refractivity contribution is -0.155. The molecule has 0 aliphatic heterocycles. The molecule has 0 aromatic heterocycles. The van der Waals surface area contributed by atoms with E-state index >= 15 is 0 Å². The van der Waals surface area contributed by atoms with Crippen LogP contribution < -0.4 is 4.74 Å². The lowest BCUT2D eigenvalue weighted by Crippen LogP contribution is -2.23. The highest BCUT2D eigenvalue weighted by atomic mass is 127. The van der Waals surface area contributed by atoms with Gasteiger partial charge in [0.1, 0.15) is 17.2 Å². The second kappa shape index (κ2) is 7.07. The molecule has 0 aliphatic carbocycles. The fraction of sp³-hybridized carbons (Fsp3) is 0.500. The van der Waals surface area contributed by atoms with Crippen LogP contribution >= 0.6 is 22.6 Å². The lowest BCUT2D eigenvalue weighted by Gasteiger charge is -2.19. The van der Waals surface area contributed by atoms with Gasteiger partial charge in [0.15, 0.2) is 0 Å². The van der Waals surface area contributed by atoms with Crippen LogP contribution in [0.5, 0.6) is 5.75 Å². The molecule has 0 unspecified atom stereocenters. The van der Waals surface area contributed by atoms with E-state index in [2.05, 4.69) is 0 Å². The van der Waals surface area contributed by atoms with Crippen LogP contribution in [-0.2, 0) is 9.53 Å². The molecule has 0 heterocycles. The summed E-state index contributed by atoms with van der Waals surface area (Å²) in [5.41, 5.74) is -0.461. The quantitative estimate of drug-likeness (QED) is 0.441. The second-order valence-electron chi connectivity index (χ2n) is 5.11. The number of halogens is 2. The number of hydrogen-bond acceptors (Lipinski definition) is 3. The normalized spacial score (nSPS) is 11.2. The molecule has 0 aliphatic rings. The van der Waals surface area contributed by atoms with Crippen molar-refractivity contribution in [1.82, 2.24) is 0 Å². The zero-order valence-corrected chi connectivity index (χ0v) is 13.5. The van der Waals surface area contributed by atoms with E-state index in [4.69, 9.17) is 9.47 Å². The predicted molar refractivity (Wildman–Crippen MR) is 79.7 cm³/mol. The van der Waals surface area contributed by atoms with Crippen molar-refractivity contribution < 1.29 is 18.7 Å². The predicted octanol–water partition coefficient (Wildman–Crippen LogP) is 3.93. The van der Waals surface area contributed by atoms with Gasteiger partial charge in [0.2, 0.25) is 0 Å². The van der Waals surface area contributed by atoms with Crippen molar-refractivity contribution in [3.63, 3.8) is 0 Å². The zero-order chi connectivity index (χ0) is 14.5. The smallest absolute Gasteiger partial charge is 0.306 e. The molecule has 0 saturated carbocycles. The number of carbonyl (C=O) groups is 1. The minimum atomic E-state index is -0.461. The number of carbonyl (C=O) groups excluding carboxylic acids is 1. The third-order valence-electron chi connectivity index (χ3n) is 2.11. The Bertz CT molecular complexity index is 441. The topological polar surface area (TPSA) is 35.5 Å². The van der Waals surface area contributed by atoms with Crippen LogP contribution in [0.25, 0.3) is 0 Å². The van der Waals surface area contributed by atoms with Crippen LogP contribution in [0.15, 0.2) is 18.2 Å². The first-order valence-corrected chi connectivity index (χ1v) is 7.15. The van der Waals surface area contributed by atoms with E-state index < -0.39 is 5.60 Å². The van der Waals surface area contributed by atoms with Crippen molar-refractivity contribution in [3.05, 3.63) is 27.6 Å². The van der Waals surface area contributed by atoms with Crippen LogP contribution in [0.4, 0.5) is 4.39 Å². The number of benzene rings is 1.